The Kier molecular flexibility index (Phi) is 8.47. The fraction of sp³-hybridized carbons (Fsp3) is 0.400. The van der Waals surface area contributed by atoms with Gasteiger partial charge in [0.05, 0.1) is 11.7 Å². The van der Waals surface area contributed by atoms with Crippen molar-refractivity contribution in [1.82, 2.24) is 10.2 Å². The molecule has 8 nitrogen and oxygen atoms in total. The molecule has 0 spiro atoms. The molecule has 1 fully saturated rings. The fourth-order valence-electron chi connectivity index (χ4n) is 8.54. The van der Waals surface area contributed by atoms with Crippen molar-refractivity contribution in [3.63, 3.8) is 0 Å². The number of aryl methyl sites for hydroxylation is 1. The second kappa shape index (κ2) is 12.5. The Morgan fingerprint density at radius 3 is 2.47 bits per heavy atom. The third-order valence-corrected chi connectivity index (χ3v) is 15.0. The van der Waals surface area contributed by atoms with E-state index in [2.05, 4.69) is 69.2 Å². The predicted octanol–water partition coefficient (Wildman–Crippen LogP) is 4.01. The standard InChI is InChI=1S/C40H46N4O4Si/c1-23-26-15-16-27-28(33(27)21-45)17-18-29(26)34(42-41-23)22-48-35-10-8-9-32(40(46)47)39(35)38-30-13-11-24(43(2)3)19-36(30)49(6,7)37-20-25(44(4)5)12-14-31(37)38/h8-14,19-20,27-28,33,45H,15-18,21-22H2,1-7H3/t27-,28+,33-/m1/s1. The molecule has 0 bridgehead atoms. The van der Waals surface area contributed by atoms with E-state index in [9.17, 15) is 15.0 Å². The second-order valence-corrected chi connectivity index (χ2v) is 19.3. The van der Waals surface area contributed by atoms with E-state index in [1.165, 1.54) is 21.5 Å². The molecular formula is C40H46N4O4Si. The number of nitrogens with zero attached hydrogens (tertiary/aromatic N) is 4. The minimum Gasteiger partial charge on any atom is -0.545 e. The van der Waals surface area contributed by atoms with Crippen molar-refractivity contribution in [2.24, 2.45) is 17.8 Å². The van der Waals surface area contributed by atoms with E-state index in [0.717, 1.165) is 65.2 Å². The number of ether oxygens (including phenoxy) is 1. The summed E-state index contributed by atoms with van der Waals surface area (Å²) in [4.78, 5) is 15.0. The maximum absolute atomic E-state index is 12.9. The maximum atomic E-state index is 12.9. The van der Waals surface area contributed by atoms with Crippen molar-refractivity contribution in [1.29, 1.82) is 0 Å². The number of aromatic nitrogens is 2. The second-order valence-electron chi connectivity index (χ2n) is 14.9. The van der Waals surface area contributed by atoms with E-state index in [1.54, 1.807) is 12.1 Å². The zero-order valence-corrected chi connectivity index (χ0v) is 30.6. The normalized spacial score (nSPS) is 21.8. The highest BCUT2D eigenvalue weighted by Crippen LogP contribution is 2.53. The minimum atomic E-state index is -2.25. The molecular weight excluding hydrogens is 629 g/mol. The summed E-state index contributed by atoms with van der Waals surface area (Å²) in [5.74, 6) is 0.787. The average Bonchev–Trinajstić information content (AvgIpc) is 3.74. The molecule has 3 aromatic rings. The Balaban J connectivity index is 1.37. The Labute approximate surface area is 290 Å². The number of hydrogen-bond acceptors (Lipinski definition) is 7. The van der Waals surface area contributed by atoms with Crippen LogP contribution in [0.1, 0.15) is 56.8 Å². The number of carbonyl (C=O) groups excluding carboxylic acids is 1. The molecule has 1 aromatic heterocycles. The molecule has 254 valence electrons. The first-order valence-corrected chi connectivity index (χ1v) is 20.4. The summed E-state index contributed by atoms with van der Waals surface area (Å²) in [5.41, 5.74) is 9.91. The number of benzene rings is 2. The molecule has 1 aliphatic heterocycles. The zero-order chi connectivity index (χ0) is 34.8. The number of carboxylic acid groups (broad SMARTS) is 1. The van der Waals surface area contributed by atoms with Gasteiger partial charge in [0.15, 0.2) is 5.71 Å². The lowest BCUT2D eigenvalue weighted by Crippen LogP contribution is -2.50. The summed E-state index contributed by atoms with van der Waals surface area (Å²) in [5, 5.41) is 34.5. The molecule has 4 aliphatic rings. The van der Waals surface area contributed by atoms with Crippen LogP contribution in [0.4, 0.5) is 5.69 Å². The van der Waals surface area contributed by atoms with Crippen molar-refractivity contribution >= 4 is 36.2 Å². The van der Waals surface area contributed by atoms with Gasteiger partial charge in [-0.2, -0.15) is 10.2 Å². The van der Waals surface area contributed by atoms with Crippen LogP contribution in [-0.4, -0.2) is 74.4 Å². The summed E-state index contributed by atoms with van der Waals surface area (Å²) in [7, 11) is 5.93. The summed E-state index contributed by atoms with van der Waals surface area (Å²) >= 11 is 0. The number of aromatic carboxylic acids is 1. The number of hydrogen-bond donors (Lipinski definition) is 1. The van der Waals surface area contributed by atoms with Crippen LogP contribution in [-0.2, 0) is 19.4 Å². The van der Waals surface area contributed by atoms with Gasteiger partial charge in [-0.05, 0) is 107 Å². The molecule has 2 heterocycles. The highest BCUT2D eigenvalue weighted by Gasteiger charge is 2.49. The third kappa shape index (κ3) is 5.66. The van der Waals surface area contributed by atoms with E-state index in [1.807, 2.05) is 41.2 Å². The van der Waals surface area contributed by atoms with Gasteiger partial charge < -0.3 is 24.6 Å². The highest BCUT2D eigenvalue weighted by atomic mass is 28.3. The Bertz CT molecular complexity index is 2000. The highest BCUT2D eigenvalue weighted by molar-refractivity contribution is 6.98. The smallest absolute Gasteiger partial charge is 0.199 e. The molecule has 3 aliphatic carbocycles. The van der Waals surface area contributed by atoms with Gasteiger partial charge in [0.1, 0.15) is 40.2 Å². The van der Waals surface area contributed by atoms with Crippen LogP contribution in [0.2, 0.25) is 13.1 Å². The van der Waals surface area contributed by atoms with E-state index < -0.39 is 14.0 Å². The third-order valence-electron chi connectivity index (χ3n) is 11.4. The van der Waals surface area contributed by atoms with Crippen molar-refractivity contribution in [3.8, 4) is 5.75 Å². The lowest BCUT2D eigenvalue weighted by Gasteiger charge is -2.38. The first kappa shape index (κ1) is 33.2. The molecule has 9 heteroatoms. The van der Waals surface area contributed by atoms with Crippen molar-refractivity contribution in [2.45, 2.75) is 52.3 Å². The van der Waals surface area contributed by atoms with Crippen LogP contribution < -0.4 is 19.9 Å². The van der Waals surface area contributed by atoms with Crippen molar-refractivity contribution < 1.29 is 24.3 Å². The Morgan fingerprint density at radius 1 is 1.06 bits per heavy atom. The molecule has 1 N–H and O–H groups in total. The van der Waals surface area contributed by atoms with E-state index >= 15 is 0 Å². The lowest BCUT2D eigenvalue weighted by molar-refractivity contribution is -0.462. The van der Waals surface area contributed by atoms with E-state index in [4.69, 9.17) is 4.74 Å². The van der Waals surface area contributed by atoms with Crippen LogP contribution in [0.5, 0.6) is 5.75 Å². The number of aliphatic hydroxyl groups excluding tert-OH is 1. The molecule has 1 saturated carbocycles. The molecule has 0 unspecified atom stereocenters. The number of rotatable bonds is 7. The van der Waals surface area contributed by atoms with Gasteiger partial charge in [0.25, 0.3) is 0 Å². The topological polar surface area (TPSA) is 102 Å². The van der Waals surface area contributed by atoms with Gasteiger partial charge in [-0.3, -0.25) is 0 Å². The Hall–Kier alpha value is -4.34. The van der Waals surface area contributed by atoms with E-state index in [-0.39, 0.29) is 18.8 Å². The van der Waals surface area contributed by atoms with Crippen LogP contribution in [0.25, 0.3) is 5.57 Å². The zero-order valence-electron chi connectivity index (χ0n) is 29.6. The quantitative estimate of drug-likeness (QED) is 0.299. The minimum absolute atomic E-state index is 0.0965. The molecule has 3 atom stereocenters. The lowest BCUT2D eigenvalue weighted by atomic mass is 9.86. The van der Waals surface area contributed by atoms with Gasteiger partial charge in [-0.1, -0.05) is 31.3 Å². The molecule has 2 aromatic carbocycles. The van der Waals surface area contributed by atoms with Crippen LogP contribution in [0.3, 0.4) is 0 Å². The molecule has 7 rings (SSSR count). The first-order chi connectivity index (χ1) is 23.4. The number of anilines is 1. The van der Waals surface area contributed by atoms with Crippen LogP contribution in [0.15, 0.2) is 65.4 Å². The van der Waals surface area contributed by atoms with Crippen molar-refractivity contribution in [2.75, 3.05) is 39.7 Å². The number of carboxylic acids is 1. The van der Waals surface area contributed by atoms with Gasteiger partial charge >= 0.3 is 0 Å². The monoisotopic (exact) mass is 674 g/mol. The fourth-order valence-corrected chi connectivity index (χ4v) is 11.6. The SMILES string of the molecule is Cc1nnc(COc2cccc(C(=O)[O-])c2C2=C3C=CC(=[N+](C)C)C=C3[Si](C)(C)c3cc(N(C)C)ccc32)c2c1CC[C@H]1[C@@H](CO)[C@H]1CC2. The van der Waals surface area contributed by atoms with Gasteiger partial charge in [-0.25, -0.2) is 4.58 Å². The maximum Gasteiger partial charge on any atom is 0.199 e. The molecule has 0 radical (unpaired) electrons. The van der Waals surface area contributed by atoms with Gasteiger partial charge in [-0.15, -0.1) is 0 Å². The number of aliphatic hydroxyl groups is 1. The number of allylic oxidation sites excluding steroid dienone is 5. The average molecular weight is 675 g/mol. The van der Waals surface area contributed by atoms with Crippen LogP contribution >= 0.6 is 0 Å². The molecule has 49 heavy (non-hydrogen) atoms. The van der Waals surface area contributed by atoms with Crippen molar-refractivity contribution in [3.05, 3.63) is 105 Å². The summed E-state index contributed by atoms with van der Waals surface area (Å²) in [6, 6.07) is 11.7. The summed E-state index contributed by atoms with van der Waals surface area (Å²) < 4.78 is 8.78. The van der Waals surface area contributed by atoms with Gasteiger partial charge in [0, 0.05) is 55.2 Å². The summed E-state index contributed by atoms with van der Waals surface area (Å²) in [6.45, 7) is 7.20. The molecule has 0 saturated heterocycles. The number of carbonyl (C=O) groups is 1. The largest absolute Gasteiger partial charge is 0.545 e. The first-order valence-electron chi connectivity index (χ1n) is 17.4. The molecule has 0 amide bonds. The van der Waals surface area contributed by atoms with Crippen LogP contribution in [0, 0.1) is 24.7 Å². The van der Waals surface area contributed by atoms with Gasteiger partial charge in [0.2, 0.25) is 0 Å². The Morgan fingerprint density at radius 2 is 1.80 bits per heavy atom. The van der Waals surface area contributed by atoms with E-state index in [0.29, 0.717) is 29.1 Å². The summed E-state index contributed by atoms with van der Waals surface area (Å²) in [6.07, 6.45) is 10.4. The predicted molar refractivity (Wildman–Crippen MR) is 194 cm³/mol. The number of fused-ring (bicyclic) bond motifs is 4.